The van der Waals surface area contributed by atoms with Crippen LogP contribution >= 0.6 is 0 Å². The van der Waals surface area contributed by atoms with Crippen molar-refractivity contribution in [1.82, 2.24) is 10.2 Å². The molecule has 0 spiro atoms. The molecule has 0 aromatic heterocycles. The van der Waals surface area contributed by atoms with Crippen LogP contribution in [-0.4, -0.2) is 41.9 Å². The summed E-state index contributed by atoms with van der Waals surface area (Å²) in [6.07, 6.45) is 2.31. The number of piperidine rings is 1. The lowest BCUT2D eigenvalue weighted by Crippen LogP contribution is -2.51. The van der Waals surface area contributed by atoms with E-state index in [1.54, 1.807) is 0 Å². The molecule has 3 N–H and O–H groups in total. The molecule has 0 aromatic rings. The highest BCUT2D eigenvalue weighted by Crippen LogP contribution is 2.12. The van der Waals surface area contributed by atoms with Crippen molar-refractivity contribution in [3.05, 3.63) is 0 Å². The number of amides is 2. The third-order valence-electron chi connectivity index (χ3n) is 3.43. The summed E-state index contributed by atoms with van der Waals surface area (Å²) in [7, 11) is 0. The van der Waals surface area contributed by atoms with Gasteiger partial charge in [0.2, 0.25) is 11.8 Å². The van der Waals surface area contributed by atoms with E-state index in [0.29, 0.717) is 19.5 Å². The summed E-state index contributed by atoms with van der Waals surface area (Å²) < 4.78 is 0. The van der Waals surface area contributed by atoms with Crippen molar-refractivity contribution in [3.63, 3.8) is 0 Å². The van der Waals surface area contributed by atoms with Crippen LogP contribution in [0.4, 0.5) is 0 Å². The largest absolute Gasteiger partial charge is 0.353 e. The smallest absolute Gasteiger partial charge is 0.239 e. The normalized spacial score (nSPS) is 18.8. The van der Waals surface area contributed by atoms with Gasteiger partial charge in [-0.05, 0) is 19.3 Å². The van der Waals surface area contributed by atoms with Crippen molar-refractivity contribution in [2.45, 2.75) is 52.1 Å². The molecule has 18 heavy (non-hydrogen) atoms. The van der Waals surface area contributed by atoms with Crippen molar-refractivity contribution >= 4 is 11.8 Å². The molecule has 5 nitrogen and oxygen atoms in total. The highest BCUT2D eigenvalue weighted by Gasteiger charge is 2.26. The highest BCUT2D eigenvalue weighted by molar-refractivity contribution is 5.81. The predicted molar refractivity (Wildman–Crippen MR) is 70.8 cm³/mol. The Hall–Kier alpha value is -1.10. The van der Waals surface area contributed by atoms with Crippen LogP contribution in [0.5, 0.6) is 0 Å². The molecule has 1 rings (SSSR count). The number of hydrogen-bond acceptors (Lipinski definition) is 3. The van der Waals surface area contributed by atoms with E-state index in [1.807, 2.05) is 25.7 Å². The number of likely N-dealkylation sites (tertiary alicyclic amines) is 1. The number of hydrogen-bond donors (Lipinski definition) is 2. The molecule has 104 valence electrons. The second-order valence-corrected chi connectivity index (χ2v) is 5.28. The Morgan fingerprint density at radius 2 is 1.89 bits per heavy atom. The fraction of sp³-hybridized carbons (Fsp3) is 0.846. The minimum absolute atomic E-state index is 0.0122. The second-order valence-electron chi connectivity index (χ2n) is 5.28. The quantitative estimate of drug-likeness (QED) is 0.767. The average molecular weight is 255 g/mol. The minimum atomic E-state index is -0.383. The van der Waals surface area contributed by atoms with Crippen LogP contribution < -0.4 is 11.1 Å². The zero-order valence-electron chi connectivity index (χ0n) is 11.6. The second kappa shape index (κ2) is 6.73. The van der Waals surface area contributed by atoms with Gasteiger partial charge in [0.05, 0.1) is 6.04 Å². The maximum absolute atomic E-state index is 11.9. The van der Waals surface area contributed by atoms with Gasteiger partial charge in [0.1, 0.15) is 0 Å². The molecule has 2 amide bonds. The highest BCUT2D eigenvalue weighted by atomic mass is 16.2. The van der Waals surface area contributed by atoms with Crippen LogP contribution in [0.25, 0.3) is 0 Å². The first kappa shape index (κ1) is 15.0. The lowest BCUT2D eigenvalue weighted by Gasteiger charge is -2.34. The van der Waals surface area contributed by atoms with E-state index in [0.717, 1.165) is 12.8 Å². The summed E-state index contributed by atoms with van der Waals surface area (Å²) in [6, 6.07) is -0.186. The molecule has 1 fully saturated rings. The van der Waals surface area contributed by atoms with Gasteiger partial charge >= 0.3 is 0 Å². The van der Waals surface area contributed by atoms with Crippen molar-refractivity contribution in [3.8, 4) is 0 Å². The number of nitrogens with two attached hydrogens (primary N) is 1. The van der Waals surface area contributed by atoms with Gasteiger partial charge in [0.25, 0.3) is 0 Å². The van der Waals surface area contributed by atoms with Crippen LogP contribution in [0.3, 0.4) is 0 Å². The average Bonchev–Trinajstić information content (AvgIpc) is 2.37. The Bertz CT molecular complexity index is 297. The first-order valence-corrected chi connectivity index (χ1v) is 6.80. The molecule has 5 heteroatoms. The Kier molecular flexibility index (Phi) is 5.59. The fourth-order valence-corrected chi connectivity index (χ4v) is 2.02. The van der Waals surface area contributed by atoms with Crippen LogP contribution in [0.15, 0.2) is 0 Å². The monoisotopic (exact) mass is 255 g/mol. The molecule has 1 atom stereocenters. The van der Waals surface area contributed by atoms with Gasteiger partial charge in [-0.25, -0.2) is 0 Å². The molecular formula is C13H25N3O2. The fourth-order valence-electron chi connectivity index (χ4n) is 2.02. The molecule has 0 aliphatic carbocycles. The van der Waals surface area contributed by atoms with Gasteiger partial charge in [-0.1, -0.05) is 20.8 Å². The molecule has 0 bridgehead atoms. The van der Waals surface area contributed by atoms with Crippen LogP contribution in [0, 0.1) is 5.92 Å². The van der Waals surface area contributed by atoms with E-state index in [1.165, 1.54) is 0 Å². The van der Waals surface area contributed by atoms with Crippen LogP contribution in [0.2, 0.25) is 0 Å². The molecular weight excluding hydrogens is 230 g/mol. The van der Waals surface area contributed by atoms with Gasteiger partial charge in [0.15, 0.2) is 0 Å². The summed E-state index contributed by atoms with van der Waals surface area (Å²) >= 11 is 0. The number of carbonyl (C=O) groups excluding carboxylic acids is 2. The first-order chi connectivity index (χ1) is 8.45. The third-order valence-corrected chi connectivity index (χ3v) is 3.43. The van der Waals surface area contributed by atoms with E-state index >= 15 is 0 Å². The van der Waals surface area contributed by atoms with E-state index in [2.05, 4.69) is 5.32 Å². The Balaban J connectivity index is 2.37. The van der Waals surface area contributed by atoms with Gasteiger partial charge in [-0.3, -0.25) is 9.59 Å². The number of carbonyl (C=O) groups is 2. The Labute approximate surface area is 109 Å². The number of nitrogens with zero attached hydrogens (tertiary/aromatic N) is 1. The first-order valence-electron chi connectivity index (χ1n) is 6.80. The SMILES string of the molecule is CC[C@@H](N)C(=O)N1CCC(NC(=O)C(C)C)CC1. The molecule has 1 saturated heterocycles. The lowest BCUT2D eigenvalue weighted by molar-refractivity contribution is -0.134. The zero-order chi connectivity index (χ0) is 13.7. The third kappa shape index (κ3) is 3.98. The van der Waals surface area contributed by atoms with Gasteiger partial charge in [-0.2, -0.15) is 0 Å². The molecule has 0 aromatic carbocycles. The van der Waals surface area contributed by atoms with E-state index in [-0.39, 0.29) is 29.8 Å². The van der Waals surface area contributed by atoms with E-state index in [4.69, 9.17) is 5.73 Å². The van der Waals surface area contributed by atoms with Crippen molar-refractivity contribution in [1.29, 1.82) is 0 Å². The zero-order valence-corrected chi connectivity index (χ0v) is 11.6. The van der Waals surface area contributed by atoms with E-state index in [9.17, 15) is 9.59 Å². The summed E-state index contributed by atoms with van der Waals surface area (Å²) in [6.45, 7) is 7.06. The Morgan fingerprint density at radius 3 is 2.33 bits per heavy atom. The maximum atomic E-state index is 11.9. The standard InChI is InChI=1S/C13H25N3O2/c1-4-11(14)13(18)16-7-5-10(6-8-16)15-12(17)9(2)3/h9-11H,4-8,14H2,1-3H3,(H,15,17)/t11-/m1/s1. The molecule has 0 unspecified atom stereocenters. The van der Waals surface area contributed by atoms with Crippen molar-refractivity contribution < 1.29 is 9.59 Å². The Morgan fingerprint density at radius 1 is 1.33 bits per heavy atom. The van der Waals surface area contributed by atoms with Gasteiger partial charge in [0, 0.05) is 25.0 Å². The minimum Gasteiger partial charge on any atom is -0.353 e. The summed E-state index contributed by atoms with van der Waals surface area (Å²) in [5.74, 6) is 0.134. The summed E-state index contributed by atoms with van der Waals surface area (Å²) in [4.78, 5) is 25.3. The lowest BCUT2D eigenvalue weighted by atomic mass is 10.0. The van der Waals surface area contributed by atoms with Crippen molar-refractivity contribution in [2.24, 2.45) is 11.7 Å². The van der Waals surface area contributed by atoms with Gasteiger partial charge < -0.3 is 16.0 Å². The van der Waals surface area contributed by atoms with Crippen LogP contribution in [0.1, 0.15) is 40.0 Å². The molecule has 0 saturated carbocycles. The molecule has 0 radical (unpaired) electrons. The van der Waals surface area contributed by atoms with Crippen molar-refractivity contribution in [2.75, 3.05) is 13.1 Å². The predicted octanol–water partition coefficient (Wildman–Crippen LogP) is 0.487. The maximum Gasteiger partial charge on any atom is 0.239 e. The molecule has 1 heterocycles. The topological polar surface area (TPSA) is 75.4 Å². The van der Waals surface area contributed by atoms with Gasteiger partial charge in [-0.15, -0.1) is 0 Å². The molecule has 1 aliphatic heterocycles. The molecule has 1 aliphatic rings. The van der Waals surface area contributed by atoms with E-state index < -0.39 is 0 Å². The number of nitrogens with one attached hydrogen (secondary N) is 1. The summed E-state index contributed by atoms with van der Waals surface area (Å²) in [5.41, 5.74) is 5.74. The number of rotatable bonds is 4. The summed E-state index contributed by atoms with van der Waals surface area (Å²) in [5, 5.41) is 3.01. The van der Waals surface area contributed by atoms with Crippen LogP contribution in [-0.2, 0) is 9.59 Å².